The van der Waals surface area contributed by atoms with Gasteiger partial charge in [0.2, 0.25) is 0 Å². The van der Waals surface area contributed by atoms with Gasteiger partial charge in [0.1, 0.15) is 19.3 Å². The molecule has 3 N–H and O–H groups in total. The molecule has 17 nitrogen and oxygen atoms in total. The van der Waals surface area contributed by atoms with E-state index in [9.17, 15) is 43.2 Å². The molecule has 0 saturated carbocycles. The van der Waals surface area contributed by atoms with Crippen molar-refractivity contribution in [2.45, 2.75) is 367 Å². The number of unbranched alkanes of at least 4 members (excludes halogenated alkanes) is 29. The second-order valence-electron chi connectivity index (χ2n) is 28.7. The van der Waals surface area contributed by atoms with Crippen LogP contribution in [-0.2, 0) is 65.4 Å². The first kappa shape index (κ1) is 107. The van der Waals surface area contributed by atoms with Crippen LogP contribution in [0.25, 0.3) is 0 Å². The maximum absolute atomic E-state index is 13.2. The Bertz CT molecular complexity index is 2740. The molecule has 0 aromatic carbocycles. The van der Waals surface area contributed by atoms with Crippen LogP contribution in [0.1, 0.15) is 349 Å². The number of ether oxygens (including phenoxy) is 4. The average Bonchev–Trinajstić information content (AvgIpc) is 0.898. The van der Waals surface area contributed by atoms with Crippen molar-refractivity contribution < 1.29 is 80.2 Å². The van der Waals surface area contributed by atoms with Gasteiger partial charge in [0.25, 0.3) is 0 Å². The molecule has 0 aromatic rings. The van der Waals surface area contributed by atoms with E-state index in [4.69, 9.17) is 37.0 Å². The number of phosphoric ester groups is 2. The smallest absolute Gasteiger partial charge is 0.462 e. The zero-order chi connectivity index (χ0) is 81.7. The molecule has 640 valence electrons. The highest BCUT2D eigenvalue weighted by molar-refractivity contribution is 7.47. The lowest BCUT2D eigenvalue weighted by Crippen LogP contribution is -2.30. The Hall–Kier alpha value is -5.32. The summed E-state index contributed by atoms with van der Waals surface area (Å²) in [5, 5.41) is 10.7. The minimum Gasteiger partial charge on any atom is -0.462 e. The van der Waals surface area contributed by atoms with Crippen LogP contribution in [0.3, 0.4) is 0 Å². The van der Waals surface area contributed by atoms with E-state index in [1.807, 2.05) is 0 Å². The molecule has 0 spiro atoms. The van der Waals surface area contributed by atoms with E-state index >= 15 is 0 Å². The molecule has 0 amide bonds. The standard InChI is InChI=1S/C93H156O17P2/c1-5-9-13-17-21-25-29-33-37-40-43-46-50-53-57-61-65-69-73-77-90(95)103-83-88(109-92(97)79-75-71-67-63-59-55-49-36-32-28-24-20-16-12-8-4)85-107-111(99,100)105-81-87(94)82-106-112(101,102)108-86-89(110-93(98)80-76-72-68-64-60-56-52-48-45-42-39-35-31-27-23-19-15-11-7-3)84-104-91(96)78-74-70-66-62-58-54-51-47-44-41-38-34-30-26-22-18-14-10-6-2/h10-11,14-15,21-23,25-27,33-35,37-39,43-48,54,56,58,60,87-89,94H,5-9,12-13,16-20,24,28-32,36,40-42,49-53,55,57,59,61-86H2,1-4H3,(H,99,100)(H,101,102)/b14-10-,15-11-,25-21-,26-22-,27-23-,37-33-,38-34-,39-35-,46-43-,47-44-,48-45-,58-54-,60-56-. The molecule has 0 aromatic heterocycles. The molecule has 0 heterocycles. The van der Waals surface area contributed by atoms with Gasteiger partial charge >= 0.3 is 39.5 Å². The molecule has 0 bridgehead atoms. The van der Waals surface area contributed by atoms with E-state index in [2.05, 4.69) is 186 Å². The summed E-state index contributed by atoms with van der Waals surface area (Å²) in [5.74, 6) is -2.26. The number of carbonyl (C=O) groups is 4. The van der Waals surface area contributed by atoms with Gasteiger partial charge in [-0.05, 0) is 154 Å². The van der Waals surface area contributed by atoms with Crippen molar-refractivity contribution in [3.05, 3.63) is 158 Å². The monoisotopic (exact) mass is 1610 g/mol. The maximum Gasteiger partial charge on any atom is 0.472 e. The molecule has 112 heavy (non-hydrogen) atoms. The van der Waals surface area contributed by atoms with Gasteiger partial charge in [-0.3, -0.25) is 37.3 Å². The first-order valence-corrected chi connectivity index (χ1v) is 46.7. The Kier molecular flexibility index (Phi) is 79.6. The van der Waals surface area contributed by atoms with Crippen LogP contribution in [0.15, 0.2) is 158 Å². The van der Waals surface area contributed by atoms with Gasteiger partial charge < -0.3 is 33.8 Å². The molecule has 0 aliphatic rings. The molecule has 0 aliphatic carbocycles. The van der Waals surface area contributed by atoms with Gasteiger partial charge in [-0.2, -0.15) is 0 Å². The second kappa shape index (κ2) is 83.6. The Balaban J connectivity index is 5.46. The third-order valence-electron chi connectivity index (χ3n) is 18.0. The molecular weight excluding hydrogens is 1450 g/mol. The number of allylic oxidation sites excluding steroid dienone is 26. The first-order valence-electron chi connectivity index (χ1n) is 43.7. The third kappa shape index (κ3) is 82.7. The van der Waals surface area contributed by atoms with Crippen molar-refractivity contribution in [2.75, 3.05) is 39.6 Å². The van der Waals surface area contributed by atoms with Crippen LogP contribution in [0.2, 0.25) is 0 Å². The van der Waals surface area contributed by atoms with Crippen molar-refractivity contribution in [2.24, 2.45) is 0 Å². The molecule has 0 aliphatic heterocycles. The first-order chi connectivity index (χ1) is 54.7. The van der Waals surface area contributed by atoms with E-state index in [0.717, 1.165) is 186 Å². The predicted octanol–water partition coefficient (Wildman–Crippen LogP) is 26.3. The molecule has 0 fully saturated rings. The molecule has 5 unspecified atom stereocenters. The lowest BCUT2D eigenvalue weighted by atomic mass is 10.0. The lowest BCUT2D eigenvalue weighted by molar-refractivity contribution is -0.161. The van der Waals surface area contributed by atoms with Crippen molar-refractivity contribution in [3.8, 4) is 0 Å². The fourth-order valence-electron chi connectivity index (χ4n) is 11.4. The summed E-state index contributed by atoms with van der Waals surface area (Å²) in [4.78, 5) is 73.3. The summed E-state index contributed by atoms with van der Waals surface area (Å²) in [5.41, 5.74) is 0. The number of rotatable bonds is 81. The molecule has 0 radical (unpaired) electrons. The Morgan fingerprint density at radius 3 is 0.741 bits per heavy atom. The molecule has 19 heteroatoms. The number of aliphatic hydroxyl groups is 1. The number of phosphoric acid groups is 2. The molecule has 0 rings (SSSR count). The summed E-state index contributed by atoms with van der Waals surface area (Å²) in [6.07, 6.45) is 99.1. The maximum atomic E-state index is 13.2. The van der Waals surface area contributed by atoms with Crippen LogP contribution >= 0.6 is 15.6 Å². The normalized spacial score (nSPS) is 14.5. The molecule has 5 atom stereocenters. The SMILES string of the molecule is CC/C=C\C/C=C\C/C=C\C/C=C\C/C=C\CCCCCC(=O)OCC(COP(=O)(O)OCC(O)COP(=O)(O)OCC(COC(=O)CCCCCCCC/C=C\C/C=C\C/C=C\CCCCC)OC(=O)CCCCCCCCCCCCCCCCC)OC(=O)CCCCC/C=C\C/C=C\C/C=C\C/C=C\C/C=C\CC. The molecular formula is C93H156O17P2. The van der Waals surface area contributed by atoms with E-state index in [-0.39, 0.29) is 25.7 Å². The highest BCUT2D eigenvalue weighted by atomic mass is 31.2. The number of esters is 4. The summed E-state index contributed by atoms with van der Waals surface area (Å²) in [6, 6.07) is 0. The van der Waals surface area contributed by atoms with Gasteiger partial charge in [0, 0.05) is 25.7 Å². The topological polar surface area (TPSA) is 237 Å². The Morgan fingerprint density at radius 2 is 0.464 bits per heavy atom. The van der Waals surface area contributed by atoms with Gasteiger partial charge in [-0.15, -0.1) is 0 Å². The highest BCUT2D eigenvalue weighted by Gasteiger charge is 2.30. The van der Waals surface area contributed by atoms with E-state index in [1.54, 1.807) is 0 Å². The van der Waals surface area contributed by atoms with Crippen LogP contribution in [0.4, 0.5) is 0 Å². The summed E-state index contributed by atoms with van der Waals surface area (Å²) in [6.45, 7) is 4.57. The van der Waals surface area contributed by atoms with Gasteiger partial charge in [0.05, 0.1) is 26.4 Å². The predicted molar refractivity (Wildman–Crippen MR) is 464 cm³/mol. The molecule has 0 saturated heterocycles. The quantitative estimate of drug-likeness (QED) is 0.0169. The summed E-state index contributed by atoms with van der Waals surface area (Å²) in [7, 11) is -10.0. The van der Waals surface area contributed by atoms with E-state index in [1.165, 1.54) is 83.5 Å². The van der Waals surface area contributed by atoms with Crippen molar-refractivity contribution >= 4 is 39.5 Å². The number of carbonyl (C=O) groups excluding carboxylic acids is 4. The largest absolute Gasteiger partial charge is 0.472 e. The van der Waals surface area contributed by atoms with Crippen molar-refractivity contribution in [3.63, 3.8) is 0 Å². The van der Waals surface area contributed by atoms with E-state index in [0.29, 0.717) is 25.7 Å². The fraction of sp³-hybridized carbons (Fsp3) is 0.677. The zero-order valence-corrected chi connectivity index (χ0v) is 72.1. The summed E-state index contributed by atoms with van der Waals surface area (Å²) >= 11 is 0. The van der Waals surface area contributed by atoms with Gasteiger partial charge in [-0.1, -0.05) is 327 Å². The summed E-state index contributed by atoms with van der Waals surface area (Å²) < 4.78 is 68.8. The number of hydrogen-bond acceptors (Lipinski definition) is 15. The highest BCUT2D eigenvalue weighted by Crippen LogP contribution is 2.45. The van der Waals surface area contributed by atoms with Gasteiger partial charge in [-0.25, -0.2) is 9.13 Å². The van der Waals surface area contributed by atoms with Crippen LogP contribution < -0.4 is 0 Å². The Morgan fingerprint density at radius 1 is 0.259 bits per heavy atom. The lowest BCUT2D eigenvalue weighted by Gasteiger charge is -2.21. The minimum atomic E-state index is -5.01. The fourth-order valence-corrected chi connectivity index (χ4v) is 13.0. The van der Waals surface area contributed by atoms with Crippen LogP contribution in [0, 0.1) is 0 Å². The minimum absolute atomic E-state index is 0.0430. The average molecular weight is 1610 g/mol. The second-order valence-corrected chi connectivity index (χ2v) is 31.6. The zero-order valence-electron chi connectivity index (χ0n) is 70.3. The van der Waals surface area contributed by atoms with Crippen molar-refractivity contribution in [1.82, 2.24) is 0 Å². The van der Waals surface area contributed by atoms with E-state index < -0.39 is 97.5 Å². The van der Waals surface area contributed by atoms with Crippen LogP contribution in [-0.4, -0.2) is 96.7 Å². The van der Waals surface area contributed by atoms with Gasteiger partial charge in [0.15, 0.2) is 12.2 Å². The number of aliphatic hydroxyl groups excluding tert-OH is 1. The third-order valence-corrected chi connectivity index (χ3v) is 19.9. The number of hydrogen-bond donors (Lipinski definition) is 3. The van der Waals surface area contributed by atoms with Crippen molar-refractivity contribution in [1.29, 1.82) is 0 Å². The Labute approximate surface area is 680 Å². The van der Waals surface area contributed by atoms with Crippen LogP contribution in [0.5, 0.6) is 0 Å².